The highest BCUT2D eigenvalue weighted by Gasteiger charge is 2.21. The van der Waals surface area contributed by atoms with Crippen molar-refractivity contribution in [2.75, 3.05) is 33.3 Å². The van der Waals surface area contributed by atoms with Gasteiger partial charge in [-0.05, 0) is 43.9 Å². The Morgan fingerprint density at radius 1 is 1.41 bits per heavy atom. The molecule has 1 aliphatic heterocycles. The van der Waals surface area contributed by atoms with Crippen LogP contribution in [0.1, 0.15) is 25.3 Å². The highest BCUT2D eigenvalue weighted by molar-refractivity contribution is 14.0. The average Bonchev–Trinajstić information content (AvgIpc) is 2.63. The number of hydrogen-bond donors (Lipinski definition) is 3. The van der Waals surface area contributed by atoms with Gasteiger partial charge < -0.3 is 26.0 Å². The third kappa shape index (κ3) is 7.61. The molecule has 4 N–H and O–H groups in total. The van der Waals surface area contributed by atoms with E-state index in [0.717, 1.165) is 43.1 Å². The van der Waals surface area contributed by atoms with Gasteiger partial charge >= 0.3 is 6.03 Å². The number of carbonyl (C=O) groups is 1. The van der Waals surface area contributed by atoms with E-state index in [1.165, 1.54) is 0 Å². The van der Waals surface area contributed by atoms with Crippen molar-refractivity contribution in [2.45, 2.75) is 32.2 Å². The third-order valence-corrected chi connectivity index (χ3v) is 4.75. The second-order valence-electron chi connectivity index (χ2n) is 6.21. The minimum atomic E-state index is -0.347. The zero-order valence-electron chi connectivity index (χ0n) is 15.8. The van der Waals surface area contributed by atoms with Crippen LogP contribution >= 0.6 is 35.6 Å². The fourth-order valence-electron chi connectivity index (χ4n) is 2.90. The molecule has 0 aromatic heterocycles. The van der Waals surface area contributed by atoms with Crippen LogP contribution in [0.2, 0.25) is 5.02 Å². The first-order valence-corrected chi connectivity index (χ1v) is 9.33. The van der Waals surface area contributed by atoms with Gasteiger partial charge in [0.05, 0.1) is 7.11 Å². The van der Waals surface area contributed by atoms with Gasteiger partial charge in [-0.3, -0.25) is 4.99 Å². The minimum Gasteiger partial charge on any atom is -0.497 e. The van der Waals surface area contributed by atoms with Crippen LogP contribution in [-0.4, -0.2) is 56.2 Å². The number of amides is 2. The van der Waals surface area contributed by atoms with E-state index >= 15 is 0 Å². The molecule has 1 aromatic carbocycles. The molecular formula is C18H29ClIN5O2. The van der Waals surface area contributed by atoms with Crippen LogP contribution in [-0.2, 0) is 6.42 Å². The summed E-state index contributed by atoms with van der Waals surface area (Å²) >= 11 is 6.28. The summed E-state index contributed by atoms with van der Waals surface area (Å²) in [6, 6.07) is 5.63. The number of nitrogens with zero attached hydrogens (tertiary/aromatic N) is 2. The van der Waals surface area contributed by atoms with Crippen molar-refractivity contribution in [3.05, 3.63) is 28.8 Å². The van der Waals surface area contributed by atoms with E-state index in [1.807, 2.05) is 25.1 Å². The molecule has 1 heterocycles. The SMILES string of the molecule is CCNC(=NCCc1ccc(OC)cc1Cl)NC1CCN(C(N)=O)CC1.I. The lowest BCUT2D eigenvalue weighted by Gasteiger charge is -2.32. The molecular weight excluding hydrogens is 481 g/mol. The van der Waals surface area contributed by atoms with E-state index in [0.29, 0.717) is 24.7 Å². The number of rotatable bonds is 6. The van der Waals surface area contributed by atoms with E-state index in [1.54, 1.807) is 12.0 Å². The molecule has 1 aromatic rings. The number of likely N-dealkylation sites (tertiary alicyclic amines) is 1. The van der Waals surface area contributed by atoms with Crippen molar-refractivity contribution < 1.29 is 9.53 Å². The largest absolute Gasteiger partial charge is 0.497 e. The lowest BCUT2D eigenvalue weighted by molar-refractivity contribution is 0.188. The zero-order chi connectivity index (χ0) is 18.9. The normalized spacial score (nSPS) is 15.1. The zero-order valence-corrected chi connectivity index (χ0v) is 18.9. The number of carbonyl (C=O) groups excluding carboxylic acids is 1. The van der Waals surface area contributed by atoms with Crippen molar-refractivity contribution >= 4 is 47.6 Å². The summed E-state index contributed by atoms with van der Waals surface area (Å²) in [6.45, 7) is 4.80. The van der Waals surface area contributed by atoms with Crippen LogP contribution in [0.15, 0.2) is 23.2 Å². The maximum atomic E-state index is 11.2. The Kier molecular flexibility index (Phi) is 10.6. The Morgan fingerprint density at radius 3 is 2.67 bits per heavy atom. The smallest absolute Gasteiger partial charge is 0.314 e. The molecule has 2 amide bonds. The molecule has 0 unspecified atom stereocenters. The lowest BCUT2D eigenvalue weighted by atomic mass is 10.1. The molecule has 0 radical (unpaired) electrons. The van der Waals surface area contributed by atoms with Crippen molar-refractivity contribution in [3.8, 4) is 5.75 Å². The fourth-order valence-corrected chi connectivity index (χ4v) is 3.17. The average molecular weight is 510 g/mol. The van der Waals surface area contributed by atoms with Crippen molar-refractivity contribution in [2.24, 2.45) is 10.7 Å². The Morgan fingerprint density at radius 2 is 2.11 bits per heavy atom. The van der Waals surface area contributed by atoms with Gasteiger partial charge in [0.15, 0.2) is 5.96 Å². The number of nitrogens with one attached hydrogen (secondary N) is 2. The quantitative estimate of drug-likeness (QED) is 0.312. The lowest BCUT2D eigenvalue weighted by Crippen LogP contribution is -2.50. The molecule has 27 heavy (non-hydrogen) atoms. The van der Waals surface area contributed by atoms with Crippen LogP contribution in [0.4, 0.5) is 4.79 Å². The standard InChI is InChI=1S/C18H28ClN5O2.HI/c1-3-21-18(23-14-7-10-24(11-8-14)17(20)25)22-9-6-13-4-5-15(26-2)12-16(13)19;/h4-5,12,14H,3,6-11H2,1-2H3,(H2,20,25)(H2,21,22,23);1H. The fraction of sp³-hybridized carbons (Fsp3) is 0.556. The highest BCUT2D eigenvalue weighted by Crippen LogP contribution is 2.22. The van der Waals surface area contributed by atoms with Gasteiger partial charge in [0.25, 0.3) is 0 Å². The Labute approximate surface area is 183 Å². The van der Waals surface area contributed by atoms with Crippen LogP contribution in [0.25, 0.3) is 0 Å². The van der Waals surface area contributed by atoms with Crippen molar-refractivity contribution in [1.29, 1.82) is 0 Å². The number of ether oxygens (including phenoxy) is 1. The summed E-state index contributed by atoms with van der Waals surface area (Å²) in [6.07, 6.45) is 2.47. The molecule has 0 aliphatic carbocycles. The molecule has 9 heteroatoms. The summed E-state index contributed by atoms with van der Waals surface area (Å²) in [5.74, 6) is 1.54. The number of hydrogen-bond acceptors (Lipinski definition) is 3. The van der Waals surface area contributed by atoms with Crippen molar-refractivity contribution in [3.63, 3.8) is 0 Å². The predicted molar refractivity (Wildman–Crippen MR) is 120 cm³/mol. The van der Waals surface area contributed by atoms with Gasteiger partial charge in [-0.25, -0.2) is 4.79 Å². The summed E-state index contributed by atoms with van der Waals surface area (Å²) < 4.78 is 5.17. The van der Waals surface area contributed by atoms with Gasteiger partial charge in [-0.15, -0.1) is 24.0 Å². The van der Waals surface area contributed by atoms with E-state index in [9.17, 15) is 4.79 Å². The summed E-state index contributed by atoms with van der Waals surface area (Å²) in [5, 5.41) is 7.40. The molecule has 1 saturated heterocycles. The van der Waals surface area contributed by atoms with E-state index in [-0.39, 0.29) is 36.0 Å². The number of piperidine rings is 1. The Balaban J connectivity index is 0.00000364. The summed E-state index contributed by atoms with van der Waals surface area (Å²) in [7, 11) is 1.62. The minimum absolute atomic E-state index is 0. The van der Waals surface area contributed by atoms with Crippen LogP contribution < -0.4 is 21.1 Å². The second kappa shape index (κ2) is 12.1. The van der Waals surface area contributed by atoms with E-state index < -0.39 is 0 Å². The molecule has 152 valence electrons. The van der Waals surface area contributed by atoms with E-state index in [4.69, 9.17) is 22.1 Å². The number of nitrogens with two attached hydrogens (primary N) is 1. The van der Waals surface area contributed by atoms with Gasteiger partial charge in [-0.2, -0.15) is 0 Å². The van der Waals surface area contributed by atoms with Gasteiger partial charge in [0.1, 0.15) is 5.75 Å². The molecule has 0 bridgehead atoms. The molecule has 0 atom stereocenters. The first-order chi connectivity index (χ1) is 12.5. The molecule has 1 fully saturated rings. The van der Waals surface area contributed by atoms with Crippen molar-refractivity contribution in [1.82, 2.24) is 15.5 Å². The monoisotopic (exact) mass is 509 g/mol. The molecule has 1 aliphatic rings. The Bertz CT molecular complexity index is 636. The van der Waals surface area contributed by atoms with Crippen LogP contribution in [0, 0.1) is 0 Å². The third-order valence-electron chi connectivity index (χ3n) is 4.40. The second-order valence-corrected chi connectivity index (χ2v) is 6.62. The van der Waals surface area contributed by atoms with Crippen LogP contribution in [0.3, 0.4) is 0 Å². The van der Waals surface area contributed by atoms with Gasteiger partial charge in [0.2, 0.25) is 0 Å². The number of aliphatic imine (C=N–C) groups is 1. The molecule has 0 saturated carbocycles. The van der Waals surface area contributed by atoms with Gasteiger partial charge in [-0.1, -0.05) is 17.7 Å². The number of urea groups is 1. The maximum absolute atomic E-state index is 11.2. The first-order valence-electron chi connectivity index (χ1n) is 8.95. The summed E-state index contributed by atoms with van der Waals surface area (Å²) in [5.41, 5.74) is 6.37. The van der Waals surface area contributed by atoms with E-state index in [2.05, 4.69) is 15.6 Å². The Hall–Kier alpha value is -1.42. The number of methoxy groups -OCH3 is 1. The molecule has 7 nitrogen and oxygen atoms in total. The predicted octanol–water partition coefficient (Wildman–Crippen LogP) is 2.61. The number of halogens is 2. The van der Waals surface area contributed by atoms with Gasteiger partial charge in [0, 0.05) is 37.2 Å². The number of benzene rings is 1. The number of primary amides is 1. The summed E-state index contributed by atoms with van der Waals surface area (Å²) in [4.78, 5) is 17.5. The number of guanidine groups is 1. The molecule has 2 rings (SSSR count). The van der Waals surface area contributed by atoms with Crippen LogP contribution in [0.5, 0.6) is 5.75 Å². The molecule has 0 spiro atoms. The highest BCUT2D eigenvalue weighted by atomic mass is 127. The maximum Gasteiger partial charge on any atom is 0.314 e. The topological polar surface area (TPSA) is 92.0 Å². The first kappa shape index (κ1) is 23.6.